The number of amides is 1. The Kier molecular flexibility index (Phi) is 6.42. The van der Waals surface area contributed by atoms with Gasteiger partial charge in [-0.15, -0.1) is 16.7 Å². The number of H-pyrrole nitrogens is 1. The van der Waals surface area contributed by atoms with Gasteiger partial charge in [0.1, 0.15) is 6.33 Å². The van der Waals surface area contributed by atoms with E-state index in [2.05, 4.69) is 68.2 Å². The summed E-state index contributed by atoms with van der Waals surface area (Å²) >= 11 is 7.24. The standard InChI is InChI=1S/C32H32ClN11O/c1-17-11-23-21(14-36-38-23)29(30(17)33)28-18(2)44(40-31(28)19-7-8-24-20(12-19)13-37-41(24)3)26-6-4-5-25-22(26)15-42(25)32(45)43-16-35-27(39-43)9-10-34/h7-8,11-14,16,22,25-26,29-30H,4-6,9,15H2,1-3H3,(H,36,38). The second-order valence-corrected chi connectivity index (χ2v) is 12.9. The maximum Gasteiger partial charge on any atom is 0.346 e. The van der Waals surface area contributed by atoms with Gasteiger partial charge in [-0.25, -0.2) is 9.78 Å². The van der Waals surface area contributed by atoms with Crippen LogP contribution in [0, 0.1) is 24.2 Å². The van der Waals surface area contributed by atoms with E-state index < -0.39 is 0 Å². The summed E-state index contributed by atoms with van der Waals surface area (Å²) < 4.78 is 5.36. The third-order valence-electron chi connectivity index (χ3n) is 9.99. The van der Waals surface area contributed by atoms with Gasteiger partial charge in [0.2, 0.25) is 0 Å². The highest BCUT2D eigenvalue weighted by atomic mass is 35.5. The summed E-state index contributed by atoms with van der Waals surface area (Å²) in [5.74, 6) is 0.481. The number of carbonyl (C=O) groups excluding carboxylic acids is 1. The summed E-state index contributed by atoms with van der Waals surface area (Å²) in [7, 11) is 1.95. The number of nitriles is 1. The molecule has 228 valence electrons. The topological polar surface area (TPSA) is 139 Å². The number of benzene rings is 1. The second-order valence-electron chi connectivity index (χ2n) is 12.4. The van der Waals surface area contributed by atoms with Crippen LogP contribution in [0.5, 0.6) is 0 Å². The molecule has 45 heavy (non-hydrogen) atoms. The van der Waals surface area contributed by atoms with E-state index in [4.69, 9.17) is 22.0 Å². The van der Waals surface area contributed by atoms with E-state index in [-0.39, 0.29) is 41.7 Å². The van der Waals surface area contributed by atoms with Crippen LogP contribution in [0.1, 0.15) is 66.5 Å². The van der Waals surface area contributed by atoms with Crippen LogP contribution in [0.15, 0.2) is 42.5 Å². The Balaban J connectivity index is 1.19. The minimum Gasteiger partial charge on any atom is -0.319 e. The van der Waals surface area contributed by atoms with E-state index >= 15 is 0 Å². The molecular formula is C32H32ClN11O. The largest absolute Gasteiger partial charge is 0.346 e. The molecular weight excluding hydrogens is 590 g/mol. The highest BCUT2D eigenvalue weighted by Crippen LogP contribution is 2.49. The van der Waals surface area contributed by atoms with Crippen LogP contribution in [0.2, 0.25) is 0 Å². The molecule has 5 atom stereocenters. The quantitative estimate of drug-likeness (QED) is 0.279. The van der Waals surface area contributed by atoms with Crippen molar-refractivity contribution in [2.75, 3.05) is 6.54 Å². The molecule has 1 N–H and O–H groups in total. The molecule has 8 rings (SSSR count). The predicted octanol–water partition coefficient (Wildman–Crippen LogP) is 4.98. The fourth-order valence-electron chi connectivity index (χ4n) is 7.72. The molecule has 5 aromatic rings. The van der Waals surface area contributed by atoms with Crippen molar-refractivity contribution in [1.82, 2.24) is 49.4 Å². The number of carbonyl (C=O) groups is 1. The minimum absolute atomic E-state index is 0.0746. The fraction of sp³-hybridized carbons (Fsp3) is 0.406. The lowest BCUT2D eigenvalue weighted by Gasteiger charge is -2.53. The molecule has 13 heteroatoms. The number of alkyl halides is 1. The molecule has 0 spiro atoms. The Bertz CT molecular complexity index is 2040. The smallest absolute Gasteiger partial charge is 0.319 e. The van der Waals surface area contributed by atoms with Crippen LogP contribution in [-0.4, -0.2) is 73.4 Å². The third kappa shape index (κ3) is 4.24. The average Bonchev–Trinajstić information content (AvgIpc) is 3.82. The first-order valence-corrected chi connectivity index (χ1v) is 15.7. The summed E-state index contributed by atoms with van der Waals surface area (Å²) in [5, 5.41) is 31.4. The fourth-order valence-corrected chi connectivity index (χ4v) is 8.05. The number of aromatic nitrogens is 9. The molecule has 5 unspecified atom stereocenters. The second kappa shape index (κ2) is 10.4. The first kappa shape index (κ1) is 27.8. The Hall–Kier alpha value is -4.76. The Labute approximate surface area is 264 Å². The SMILES string of the molecule is CC1=Cc2[nH]ncc2C(c2c(-c3ccc4c(cnn4C)c3)nn(C3CCCC4C3CN4C(=O)n3cnc(CC#N)n3)c2C)C1Cl. The third-order valence-corrected chi connectivity index (χ3v) is 10.6. The van der Waals surface area contributed by atoms with Crippen molar-refractivity contribution in [2.45, 2.75) is 62.9 Å². The molecule has 1 saturated heterocycles. The van der Waals surface area contributed by atoms with Gasteiger partial charge in [0.25, 0.3) is 0 Å². The van der Waals surface area contributed by atoms with Crippen LogP contribution in [0.4, 0.5) is 4.79 Å². The molecule has 4 aromatic heterocycles. The molecule has 1 saturated carbocycles. The van der Waals surface area contributed by atoms with Gasteiger partial charge >= 0.3 is 6.03 Å². The molecule has 0 bridgehead atoms. The van der Waals surface area contributed by atoms with E-state index in [1.807, 2.05) is 35.1 Å². The molecule has 1 aromatic carbocycles. The number of aryl methyl sites for hydroxylation is 1. The average molecular weight is 622 g/mol. The number of aromatic amines is 1. The van der Waals surface area contributed by atoms with Crippen molar-refractivity contribution in [3.8, 4) is 17.3 Å². The first-order valence-electron chi connectivity index (χ1n) is 15.3. The molecule has 5 heterocycles. The summed E-state index contributed by atoms with van der Waals surface area (Å²) in [6.07, 6.45) is 10.2. The van der Waals surface area contributed by atoms with Crippen molar-refractivity contribution in [3.63, 3.8) is 0 Å². The van der Waals surface area contributed by atoms with E-state index in [1.165, 1.54) is 11.0 Å². The zero-order chi connectivity index (χ0) is 31.0. The number of halogens is 1. The molecule has 1 aliphatic heterocycles. The van der Waals surface area contributed by atoms with Crippen LogP contribution in [0.3, 0.4) is 0 Å². The predicted molar refractivity (Wildman–Crippen MR) is 167 cm³/mol. The number of nitrogens with zero attached hydrogens (tertiary/aromatic N) is 10. The van der Waals surface area contributed by atoms with Crippen LogP contribution in [0.25, 0.3) is 28.2 Å². The van der Waals surface area contributed by atoms with E-state index in [9.17, 15) is 4.79 Å². The van der Waals surface area contributed by atoms with Gasteiger partial charge in [-0.2, -0.15) is 25.2 Å². The van der Waals surface area contributed by atoms with Gasteiger partial charge in [0.05, 0.1) is 53.2 Å². The van der Waals surface area contributed by atoms with Crippen LogP contribution in [-0.2, 0) is 13.5 Å². The van der Waals surface area contributed by atoms with Crippen molar-refractivity contribution >= 4 is 34.6 Å². The molecule has 1 amide bonds. The maximum absolute atomic E-state index is 13.4. The number of allylic oxidation sites excluding steroid dienone is 1. The number of likely N-dealkylation sites (tertiary alicyclic amines) is 1. The van der Waals surface area contributed by atoms with Gasteiger partial charge in [-0.05, 0) is 51.3 Å². The molecule has 3 aliphatic rings. The molecule has 0 radical (unpaired) electrons. The number of fused-ring (bicyclic) bond motifs is 3. The lowest BCUT2D eigenvalue weighted by Crippen LogP contribution is -2.63. The van der Waals surface area contributed by atoms with Gasteiger partial charge in [-0.1, -0.05) is 11.6 Å². The monoisotopic (exact) mass is 621 g/mol. The zero-order valence-corrected chi connectivity index (χ0v) is 26.0. The maximum atomic E-state index is 13.4. The van der Waals surface area contributed by atoms with E-state index in [1.54, 1.807) is 0 Å². The van der Waals surface area contributed by atoms with Crippen molar-refractivity contribution in [2.24, 2.45) is 13.0 Å². The van der Waals surface area contributed by atoms with Crippen molar-refractivity contribution in [1.29, 1.82) is 5.26 Å². The van der Waals surface area contributed by atoms with Crippen molar-refractivity contribution < 1.29 is 4.79 Å². The normalized spacial score (nSPS) is 24.1. The highest BCUT2D eigenvalue weighted by molar-refractivity contribution is 6.24. The van der Waals surface area contributed by atoms with Gasteiger partial charge in [0, 0.05) is 59.2 Å². The summed E-state index contributed by atoms with van der Waals surface area (Å²) in [5.41, 5.74) is 8.31. The zero-order valence-electron chi connectivity index (χ0n) is 25.2. The minimum atomic E-state index is -0.253. The lowest BCUT2D eigenvalue weighted by atomic mass is 9.73. The lowest BCUT2D eigenvalue weighted by molar-refractivity contribution is -0.0166. The highest BCUT2D eigenvalue weighted by Gasteiger charge is 2.50. The van der Waals surface area contributed by atoms with Crippen LogP contribution >= 0.6 is 11.6 Å². The Morgan fingerprint density at radius 3 is 2.87 bits per heavy atom. The summed E-state index contributed by atoms with van der Waals surface area (Å²) in [6.45, 7) is 4.84. The Morgan fingerprint density at radius 1 is 1.18 bits per heavy atom. The van der Waals surface area contributed by atoms with Gasteiger partial charge in [-0.3, -0.25) is 14.5 Å². The van der Waals surface area contributed by atoms with E-state index in [0.29, 0.717) is 12.4 Å². The number of hydrogen-bond donors (Lipinski definition) is 1. The number of hydrogen-bond acceptors (Lipinski definition) is 7. The molecule has 2 aliphatic carbocycles. The number of rotatable bonds is 4. The van der Waals surface area contributed by atoms with Crippen LogP contribution < -0.4 is 0 Å². The van der Waals surface area contributed by atoms with Gasteiger partial charge in [0.15, 0.2) is 5.82 Å². The molecule has 2 fully saturated rings. The summed E-state index contributed by atoms with van der Waals surface area (Å²) in [6, 6.07) is 8.44. The summed E-state index contributed by atoms with van der Waals surface area (Å²) in [4.78, 5) is 19.4. The van der Waals surface area contributed by atoms with E-state index in [0.717, 1.165) is 69.5 Å². The molecule has 12 nitrogen and oxygen atoms in total. The van der Waals surface area contributed by atoms with Crippen molar-refractivity contribution in [3.05, 3.63) is 70.8 Å². The van der Waals surface area contributed by atoms with Gasteiger partial charge < -0.3 is 4.90 Å². The Morgan fingerprint density at radius 2 is 2.02 bits per heavy atom. The first-order chi connectivity index (χ1) is 21.8. The number of nitrogens with one attached hydrogen (secondary N) is 1.